The van der Waals surface area contributed by atoms with Crippen LogP contribution in [0.1, 0.15) is 47.0 Å². The number of nitrogens with zero attached hydrogens (tertiary/aromatic N) is 2. The van der Waals surface area contributed by atoms with E-state index in [1.54, 1.807) is 0 Å². The number of rotatable bonds is 5. The van der Waals surface area contributed by atoms with Crippen LogP contribution in [0.25, 0.3) is 0 Å². The average molecular weight is 308 g/mol. The van der Waals surface area contributed by atoms with E-state index in [2.05, 4.69) is 37.0 Å². The number of benzene rings is 1. The summed E-state index contributed by atoms with van der Waals surface area (Å²) in [6.45, 7) is 10.5. The van der Waals surface area contributed by atoms with Gasteiger partial charge in [0.15, 0.2) is 0 Å². The van der Waals surface area contributed by atoms with E-state index in [0.29, 0.717) is 0 Å². The molecule has 118 valence electrons. The maximum absolute atomic E-state index is 14.2. The number of piperidine rings is 1. The lowest BCUT2D eigenvalue weighted by atomic mass is 10.2. The van der Waals surface area contributed by atoms with Gasteiger partial charge in [0, 0.05) is 30.5 Å². The Kier molecular flexibility index (Phi) is 5.65. The lowest BCUT2D eigenvalue weighted by Crippen LogP contribution is -2.45. The van der Waals surface area contributed by atoms with E-state index in [1.165, 1.54) is 6.42 Å². The highest BCUT2D eigenvalue weighted by atomic mass is 31.2. The summed E-state index contributed by atoms with van der Waals surface area (Å²) in [6.07, 6.45) is 3.57. The molecule has 1 heterocycles. The highest BCUT2D eigenvalue weighted by Crippen LogP contribution is 2.55. The molecule has 4 heteroatoms. The first-order valence-corrected chi connectivity index (χ1v) is 9.79. The molecule has 1 unspecified atom stereocenters. The molecule has 1 atom stereocenters. The van der Waals surface area contributed by atoms with E-state index in [9.17, 15) is 4.57 Å². The smallest absolute Gasteiger partial charge is 0.246 e. The molecule has 1 fully saturated rings. The van der Waals surface area contributed by atoms with Crippen molar-refractivity contribution in [1.82, 2.24) is 9.34 Å². The molecule has 2 rings (SSSR count). The van der Waals surface area contributed by atoms with Gasteiger partial charge >= 0.3 is 0 Å². The number of hydrogen-bond donors (Lipinski definition) is 0. The quantitative estimate of drug-likeness (QED) is 0.765. The Morgan fingerprint density at radius 3 is 1.95 bits per heavy atom. The molecular weight excluding hydrogens is 279 g/mol. The maximum Gasteiger partial charge on any atom is 0.246 e. The summed E-state index contributed by atoms with van der Waals surface area (Å²) in [5, 5.41) is 0.981. The van der Waals surface area contributed by atoms with Gasteiger partial charge in [0.2, 0.25) is 7.44 Å². The van der Waals surface area contributed by atoms with E-state index < -0.39 is 7.44 Å². The fraction of sp³-hybridized carbons (Fsp3) is 0.647. The second-order valence-corrected chi connectivity index (χ2v) is 9.09. The Morgan fingerprint density at radius 1 is 0.952 bits per heavy atom. The van der Waals surface area contributed by atoms with Crippen molar-refractivity contribution >= 4 is 12.7 Å². The molecule has 0 aromatic heterocycles. The predicted octanol–water partition coefficient (Wildman–Crippen LogP) is 4.11. The molecule has 3 nitrogen and oxygen atoms in total. The normalized spacial score (nSPS) is 20.1. The van der Waals surface area contributed by atoms with Gasteiger partial charge in [-0.3, -0.25) is 4.57 Å². The van der Waals surface area contributed by atoms with Crippen molar-refractivity contribution in [3.8, 4) is 0 Å². The van der Waals surface area contributed by atoms with Crippen LogP contribution in [0, 0.1) is 0 Å². The van der Waals surface area contributed by atoms with Gasteiger partial charge in [-0.05, 0) is 52.7 Å². The molecule has 0 bridgehead atoms. The van der Waals surface area contributed by atoms with Gasteiger partial charge in [-0.2, -0.15) is 0 Å². The van der Waals surface area contributed by atoms with Crippen LogP contribution in [0.4, 0.5) is 0 Å². The van der Waals surface area contributed by atoms with Crippen LogP contribution in [0.15, 0.2) is 30.3 Å². The Morgan fingerprint density at radius 2 is 1.48 bits per heavy atom. The Hall–Kier alpha value is -0.630. The summed E-state index contributed by atoms with van der Waals surface area (Å²) in [7, 11) is -2.70. The molecule has 0 aliphatic carbocycles. The monoisotopic (exact) mass is 308 g/mol. The summed E-state index contributed by atoms with van der Waals surface area (Å²) in [6, 6.07) is 10.6. The van der Waals surface area contributed by atoms with E-state index in [1.807, 2.05) is 30.3 Å². The second-order valence-electron chi connectivity index (χ2n) is 6.46. The van der Waals surface area contributed by atoms with Crippen molar-refractivity contribution in [2.24, 2.45) is 0 Å². The average Bonchev–Trinajstić information content (AvgIpc) is 2.48. The van der Waals surface area contributed by atoms with Crippen LogP contribution in [0.2, 0.25) is 0 Å². The summed E-state index contributed by atoms with van der Waals surface area (Å²) in [5.74, 6) is 0. The van der Waals surface area contributed by atoms with Gasteiger partial charge in [0.05, 0.1) is 0 Å². The first-order valence-electron chi connectivity index (χ1n) is 8.18. The van der Waals surface area contributed by atoms with Gasteiger partial charge in [-0.15, -0.1) is 0 Å². The van der Waals surface area contributed by atoms with E-state index in [4.69, 9.17) is 0 Å². The zero-order valence-corrected chi connectivity index (χ0v) is 14.7. The SMILES string of the molecule is CC(C)N(C(C)C)P(=O)(c1ccccc1)N1CCCCC1. The van der Waals surface area contributed by atoms with Crippen molar-refractivity contribution in [2.45, 2.75) is 59.0 Å². The molecular formula is C17H29N2OP. The largest absolute Gasteiger partial charge is 0.283 e. The molecule has 0 saturated carbocycles. The fourth-order valence-corrected chi connectivity index (χ4v) is 6.96. The van der Waals surface area contributed by atoms with Gasteiger partial charge in [-0.1, -0.05) is 24.6 Å². The second kappa shape index (κ2) is 7.09. The molecule has 0 radical (unpaired) electrons. The molecule has 0 spiro atoms. The third-order valence-electron chi connectivity index (χ3n) is 4.18. The van der Waals surface area contributed by atoms with Crippen LogP contribution in [0.3, 0.4) is 0 Å². The van der Waals surface area contributed by atoms with Crippen molar-refractivity contribution in [3.05, 3.63) is 30.3 Å². The fourth-order valence-electron chi connectivity index (χ4n) is 3.44. The van der Waals surface area contributed by atoms with Gasteiger partial charge in [0.1, 0.15) is 0 Å². The molecule has 1 aliphatic rings. The van der Waals surface area contributed by atoms with E-state index in [0.717, 1.165) is 31.2 Å². The molecule has 1 saturated heterocycles. The summed E-state index contributed by atoms with van der Waals surface area (Å²) >= 11 is 0. The minimum absolute atomic E-state index is 0.262. The third-order valence-corrected chi connectivity index (χ3v) is 7.87. The first kappa shape index (κ1) is 16.7. The molecule has 1 aromatic carbocycles. The van der Waals surface area contributed by atoms with Crippen LogP contribution in [-0.2, 0) is 4.57 Å². The zero-order valence-electron chi connectivity index (χ0n) is 13.8. The maximum atomic E-state index is 14.2. The van der Waals surface area contributed by atoms with Crippen LogP contribution < -0.4 is 5.30 Å². The molecule has 0 N–H and O–H groups in total. The van der Waals surface area contributed by atoms with Crippen molar-refractivity contribution in [2.75, 3.05) is 13.1 Å². The lowest BCUT2D eigenvalue weighted by molar-refractivity contribution is 0.253. The molecule has 21 heavy (non-hydrogen) atoms. The first-order chi connectivity index (χ1) is 9.98. The Bertz CT molecular complexity index is 473. The Labute approximate surface area is 129 Å². The van der Waals surface area contributed by atoms with Crippen LogP contribution in [-0.4, -0.2) is 34.5 Å². The highest BCUT2D eigenvalue weighted by molar-refractivity contribution is 7.67. The molecule has 1 aliphatic heterocycles. The molecule has 1 aromatic rings. The van der Waals surface area contributed by atoms with E-state index >= 15 is 0 Å². The van der Waals surface area contributed by atoms with Crippen molar-refractivity contribution in [3.63, 3.8) is 0 Å². The predicted molar refractivity (Wildman–Crippen MR) is 91.2 cm³/mol. The molecule has 0 amide bonds. The summed E-state index contributed by atoms with van der Waals surface area (Å²) < 4.78 is 18.7. The summed E-state index contributed by atoms with van der Waals surface area (Å²) in [4.78, 5) is 0. The minimum atomic E-state index is -2.70. The van der Waals surface area contributed by atoms with Crippen LogP contribution >= 0.6 is 7.44 Å². The number of hydrogen-bond acceptors (Lipinski definition) is 1. The highest BCUT2D eigenvalue weighted by Gasteiger charge is 2.41. The van der Waals surface area contributed by atoms with Crippen LogP contribution in [0.5, 0.6) is 0 Å². The Balaban J connectivity index is 2.49. The summed E-state index contributed by atoms with van der Waals surface area (Å²) in [5.41, 5.74) is 0. The van der Waals surface area contributed by atoms with Gasteiger partial charge in [0.25, 0.3) is 0 Å². The topological polar surface area (TPSA) is 23.6 Å². The van der Waals surface area contributed by atoms with Crippen molar-refractivity contribution < 1.29 is 4.57 Å². The van der Waals surface area contributed by atoms with Crippen molar-refractivity contribution in [1.29, 1.82) is 0 Å². The standard InChI is InChI=1S/C17H29N2OP/c1-15(2)19(16(3)4)21(20,17-11-7-5-8-12-17)18-13-9-6-10-14-18/h5,7-8,11-12,15-16H,6,9-10,13-14H2,1-4H3. The van der Waals surface area contributed by atoms with Gasteiger partial charge in [-0.25, -0.2) is 9.34 Å². The minimum Gasteiger partial charge on any atom is -0.283 e. The van der Waals surface area contributed by atoms with Gasteiger partial charge < -0.3 is 0 Å². The third kappa shape index (κ3) is 3.41. The zero-order chi connectivity index (χ0) is 15.5. The lowest BCUT2D eigenvalue weighted by Gasteiger charge is -2.45. The van der Waals surface area contributed by atoms with E-state index in [-0.39, 0.29) is 12.1 Å².